The number of amides is 1. The molecule has 1 amide bonds. The molecule has 0 bridgehead atoms. The maximum atomic E-state index is 11.6. The van der Waals surface area contributed by atoms with E-state index in [9.17, 15) is 9.59 Å². The van der Waals surface area contributed by atoms with Gasteiger partial charge in [-0.05, 0) is 6.92 Å². The highest BCUT2D eigenvalue weighted by molar-refractivity contribution is 5.83. The average molecular weight is 223 g/mol. The van der Waals surface area contributed by atoms with Gasteiger partial charge in [-0.3, -0.25) is 14.8 Å². The molecule has 1 unspecified atom stereocenters. The maximum absolute atomic E-state index is 11.6. The van der Waals surface area contributed by atoms with Gasteiger partial charge in [0.25, 0.3) is 0 Å². The number of ether oxygens (including phenoxy) is 1. The van der Waals surface area contributed by atoms with Crippen LogP contribution in [0.15, 0.2) is 18.6 Å². The molecule has 0 aliphatic heterocycles. The van der Waals surface area contributed by atoms with Crippen molar-refractivity contribution in [3.63, 3.8) is 0 Å². The summed E-state index contributed by atoms with van der Waals surface area (Å²) in [5.74, 6) is -0.873. The molecule has 6 heteroatoms. The van der Waals surface area contributed by atoms with Crippen molar-refractivity contribution in [3.8, 4) is 0 Å². The molecule has 1 N–H and O–H groups in total. The van der Waals surface area contributed by atoms with Gasteiger partial charge >= 0.3 is 5.97 Å². The largest absolute Gasteiger partial charge is 0.464 e. The Morgan fingerprint density at radius 2 is 2.25 bits per heavy atom. The minimum atomic E-state index is -0.897. The minimum Gasteiger partial charge on any atom is -0.464 e. The molecule has 0 radical (unpaired) electrons. The van der Waals surface area contributed by atoms with Crippen LogP contribution in [0.1, 0.15) is 25.6 Å². The molecule has 0 aliphatic rings. The van der Waals surface area contributed by atoms with E-state index >= 15 is 0 Å². The van der Waals surface area contributed by atoms with Crippen LogP contribution in [0.25, 0.3) is 0 Å². The zero-order valence-electron chi connectivity index (χ0n) is 9.14. The molecule has 0 saturated carbocycles. The van der Waals surface area contributed by atoms with Crippen molar-refractivity contribution >= 4 is 11.9 Å². The van der Waals surface area contributed by atoms with E-state index in [1.807, 2.05) is 0 Å². The van der Waals surface area contributed by atoms with Crippen LogP contribution in [0.4, 0.5) is 0 Å². The fourth-order valence-corrected chi connectivity index (χ4v) is 1.14. The highest BCUT2D eigenvalue weighted by Gasteiger charge is 2.24. The molecule has 86 valence electrons. The lowest BCUT2D eigenvalue weighted by atomic mass is 10.2. The summed E-state index contributed by atoms with van der Waals surface area (Å²) in [5.41, 5.74) is 0.358. The zero-order chi connectivity index (χ0) is 12.0. The number of aromatic nitrogens is 2. The van der Waals surface area contributed by atoms with Crippen LogP contribution >= 0.6 is 0 Å². The first kappa shape index (κ1) is 12.1. The van der Waals surface area contributed by atoms with Crippen molar-refractivity contribution in [1.82, 2.24) is 15.3 Å². The van der Waals surface area contributed by atoms with Crippen molar-refractivity contribution in [1.29, 1.82) is 0 Å². The van der Waals surface area contributed by atoms with E-state index in [0.29, 0.717) is 5.69 Å². The number of nitrogens with zero attached hydrogens (tertiary/aromatic N) is 2. The van der Waals surface area contributed by atoms with E-state index in [-0.39, 0.29) is 12.5 Å². The van der Waals surface area contributed by atoms with Gasteiger partial charge in [-0.2, -0.15) is 0 Å². The monoisotopic (exact) mass is 223 g/mol. The van der Waals surface area contributed by atoms with E-state index in [1.165, 1.54) is 25.5 Å². The van der Waals surface area contributed by atoms with Gasteiger partial charge in [0.05, 0.1) is 18.5 Å². The van der Waals surface area contributed by atoms with E-state index in [2.05, 4.69) is 15.3 Å². The fourth-order valence-electron chi connectivity index (χ4n) is 1.14. The number of carbonyl (C=O) groups is 2. The molecule has 0 saturated heterocycles. The Hall–Kier alpha value is -1.98. The number of hydrogen-bond donors (Lipinski definition) is 1. The van der Waals surface area contributed by atoms with Gasteiger partial charge in [-0.15, -0.1) is 0 Å². The van der Waals surface area contributed by atoms with Crippen LogP contribution in [-0.4, -0.2) is 28.5 Å². The number of hydrogen-bond acceptors (Lipinski definition) is 5. The Kier molecular flexibility index (Phi) is 4.38. The number of rotatable bonds is 4. The fraction of sp³-hybridized carbons (Fsp3) is 0.400. The van der Waals surface area contributed by atoms with E-state index in [1.54, 1.807) is 6.92 Å². The molecular formula is C10H13N3O3. The SMILES string of the molecule is CCOC(=O)C(NC(C)=O)c1cnccn1. The van der Waals surface area contributed by atoms with Crippen LogP contribution in [0.2, 0.25) is 0 Å². The van der Waals surface area contributed by atoms with Crippen LogP contribution in [0, 0.1) is 0 Å². The van der Waals surface area contributed by atoms with Gasteiger partial charge in [-0.1, -0.05) is 0 Å². The van der Waals surface area contributed by atoms with Crippen molar-refractivity contribution in [2.45, 2.75) is 19.9 Å². The Morgan fingerprint density at radius 3 is 2.75 bits per heavy atom. The van der Waals surface area contributed by atoms with Gasteiger partial charge < -0.3 is 10.1 Å². The van der Waals surface area contributed by atoms with Crippen molar-refractivity contribution in [2.24, 2.45) is 0 Å². The van der Waals surface area contributed by atoms with E-state index in [4.69, 9.17) is 4.74 Å². The Morgan fingerprint density at radius 1 is 1.50 bits per heavy atom. The van der Waals surface area contributed by atoms with Crippen molar-refractivity contribution in [3.05, 3.63) is 24.3 Å². The summed E-state index contributed by atoms with van der Waals surface area (Å²) >= 11 is 0. The Bertz CT molecular complexity index is 367. The Labute approximate surface area is 93.0 Å². The van der Waals surface area contributed by atoms with Crippen LogP contribution < -0.4 is 5.32 Å². The molecule has 1 aromatic heterocycles. The molecule has 1 rings (SSSR count). The summed E-state index contributed by atoms with van der Waals surface area (Å²) in [6.45, 7) is 3.26. The predicted molar refractivity (Wildman–Crippen MR) is 55.2 cm³/mol. The second kappa shape index (κ2) is 5.79. The van der Waals surface area contributed by atoms with Gasteiger partial charge in [0.15, 0.2) is 6.04 Å². The third kappa shape index (κ3) is 3.30. The quantitative estimate of drug-likeness (QED) is 0.738. The highest BCUT2D eigenvalue weighted by atomic mass is 16.5. The first-order chi connectivity index (χ1) is 7.65. The van der Waals surface area contributed by atoms with Gasteiger partial charge in [0, 0.05) is 19.3 Å². The second-order valence-electron chi connectivity index (χ2n) is 3.02. The molecular weight excluding hydrogens is 210 g/mol. The van der Waals surface area contributed by atoms with E-state index < -0.39 is 12.0 Å². The summed E-state index contributed by atoms with van der Waals surface area (Å²) in [7, 11) is 0. The molecule has 1 heterocycles. The third-order valence-corrected chi connectivity index (χ3v) is 1.75. The first-order valence-electron chi connectivity index (χ1n) is 4.84. The molecule has 0 aromatic carbocycles. The molecule has 16 heavy (non-hydrogen) atoms. The second-order valence-corrected chi connectivity index (χ2v) is 3.02. The molecule has 6 nitrogen and oxygen atoms in total. The molecule has 0 aliphatic carbocycles. The van der Waals surface area contributed by atoms with Crippen LogP contribution in [-0.2, 0) is 14.3 Å². The van der Waals surface area contributed by atoms with E-state index in [0.717, 1.165) is 0 Å². The van der Waals surface area contributed by atoms with Crippen molar-refractivity contribution in [2.75, 3.05) is 6.61 Å². The third-order valence-electron chi connectivity index (χ3n) is 1.75. The van der Waals surface area contributed by atoms with Crippen LogP contribution in [0.5, 0.6) is 0 Å². The number of carbonyl (C=O) groups excluding carboxylic acids is 2. The Balaban J connectivity index is 2.87. The maximum Gasteiger partial charge on any atom is 0.335 e. The van der Waals surface area contributed by atoms with Gasteiger partial charge in [0.2, 0.25) is 5.91 Å². The lowest BCUT2D eigenvalue weighted by molar-refractivity contribution is -0.147. The predicted octanol–water partition coefficient (Wildman–Crippen LogP) is 0.217. The molecule has 0 fully saturated rings. The average Bonchev–Trinajstić information content (AvgIpc) is 2.27. The smallest absolute Gasteiger partial charge is 0.335 e. The molecule has 0 spiro atoms. The van der Waals surface area contributed by atoms with Gasteiger partial charge in [-0.25, -0.2) is 4.79 Å². The first-order valence-corrected chi connectivity index (χ1v) is 4.84. The normalized spacial score (nSPS) is 11.6. The molecule has 1 aromatic rings. The molecule has 1 atom stereocenters. The highest BCUT2D eigenvalue weighted by Crippen LogP contribution is 2.10. The summed E-state index contributed by atoms with van der Waals surface area (Å²) in [5, 5.41) is 2.46. The lowest BCUT2D eigenvalue weighted by Gasteiger charge is -2.14. The lowest BCUT2D eigenvalue weighted by Crippen LogP contribution is -2.34. The zero-order valence-corrected chi connectivity index (χ0v) is 9.14. The topological polar surface area (TPSA) is 81.2 Å². The van der Waals surface area contributed by atoms with Crippen LogP contribution in [0.3, 0.4) is 0 Å². The minimum absolute atomic E-state index is 0.245. The van der Waals surface area contributed by atoms with Gasteiger partial charge in [0.1, 0.15) is 0 Å². The summed E-state index contributed by atoms with van der Waals surface area (Å²) in [4.78, 5) is 30.3. The summed E-state index contributed by atoms with van der Waals surface area (Å²) in [6.07, 6.45) is 4.35. The standard InChI is InChI=1S/C10H13N3O3/c1-3-16-10(15)9(13-7(2)14)8-6-11-4-5-12-8/h4-6,9H,3H2,1-2H3,(H,13,14). The summed E-state index contributed by atoms with van der Waals surface area (Å²) < 4.78 is 4.84. The van der Waals surface area contributed by atoms with Crippen molar-refractivity contribution < 1.29 is 14.3 Å². The number of esters is 1. The summed E-state index contributed by atoms with van der Waals surface area (Å²) in [6, 6.07) is -0.897. The number of nitrogens with one attached hydrogen (secondary N) is 1.